The molecule has 2 aromatic rings. The summed E-state index contributed by atoms with van der Waals surface area (Å²) < 4.78 is 5.44. The van der Waals surface area contributed by atoms with Crippen LogP contribution in [0.25, 0.3) is 0 Å². The average molecular weight is 422 g/mol. The minimum Gasteiger partial charge on any atom is -0.379 e. The quantitative estimate of drug-likeness (QED) is 0.574. The van der Waals surface area contributed by atoms with Crippen molar-refractivity contribution >= 4 is 11.6 Å². The van der Waals surface area contributed by atoms with Crippen molar-refractivity contribution in [2.24, 2.45) is 4.99 Å². The summed E-state index contributed by atoms with van der Waals surface area (Å²) in [6.45, 7) is 12.5. The van der Waals surface area contributed by atoms with E-state index in [1.165, 1.54) is 16.8 Å². The van der Waals surface area contributed by atoms with E-state index in [4.69, 9.17) is 9.73 Å². The van der Waals surface area contributed by atoms with Crippen molar-refractivity contribution in [1.82, 2.24) is 15.1 Å². The van der Waals surface area contributed by atoms with Crippen molar-refractivity contribution in [3.63, 3.8) is 0 Å². The Morgan fingerprint density at radius 1 is 0.871 bits per heavy atom. The number of para-hydroxylation sites is 1. The minimum absolute atomic E-state index is 0.707. The van der Waals surface area contributed by atoms with E-state index < -0.39 is 0 Å². The summed E-state index contributed by atoms with van der Waals surface area (Å²) in [5, 5.41) is 3.48. The molecule has 2 aromatic carbocycles. The first-order chi connectivity index (χ1) is 15.3. The number of morpholine rings is 1. The highest BCUT2D eigenvalue weighted by molar-refractivity contribution is 5.80. The van der Waals surface area contributed by atoms with Crippen molar-refractivity contribution < 1.29 is 4.74 Å². The highest BCUT2D eigenvalue weighted by Crippen LogP contribution is 2.16. The summed E-state index contributed by atoms with van der Waals surface area (Å²) >= 11 is 0. The monoisotopic (exact) mass is 421 g/mol. The lowest BCUT2D eigenvalue weighted by atomic mass is 10.1. The molecule has 1 N–H and O–H groups in total. The van der Waals surface area contributed by atoms with Gasteiger partial charge in [0.2, 0.25) is 0 Å². The van der Waals surface area contributed by atoms with Gasteiger partial charge in [-0.05, 0) is 30.2 Å². The predicted octanol–water partition coefficient (Wildman–Crippen LogP) is 2.81. The number of benzene rings is 2. The van der Waals surface area contributed by atoms with Crippen LogP contribution in [0.1, 0.15) is 18.1 Å². The molecule has 2 heterocycles. The Labute approximate surface area is 186 Å². The van der Waals surface area contributed by atoms with Crippen LogP contribution in [-0.4, -0.2) is 74.8 Å². The van der Waals surface area contributed by atoms with E-state index in [2.05, 4.69) is 81.5 Å². The van der Waals surface area contributed by atoms with Crippen LogP contribution in [0.3, 0.4) is 0 Å². The molecule has 0 radical (unpaired) electrons. The lowest BCUT2D eigenvalue weighted by Gasteiger charge is -2.37. The van der Waals surface area contributed by atoms with E-state index >= 15 is 0 Å². The number of nitrogens with one attached hydrogen (secondary N) is 1. The van der Waals surface area contributed by atoms with Gasteiger partial charge in [0.1, 0.15) is 0 Å². The molecule has 6 heteroatoms. The lowest BCUT2D eigenvalue weighted by Crippen LogP contribution is -2.52. The molecular formula is C25H35N5O. The Morgan fingerprint density at radius 3 is 2.23 bits per heavy atom. The second-order valence-corrected chi connectivity index (χ2v) is 8.18. The fourth-order valence-electron chi connectivity index (χ4n) is 4.17. The minimum atomic E-state index is 0.707. The normalized spacial score (nSPS) is 18.3. The predicted molar refractivity (Wildman–Crippen MR) is 128 cm³/mol. The molecule has 0 amide bonds. The Hall–Kier alpha value is -2.57. The van der Waals surface area contributed by atoms with Gasteiger partial charge in [-0.3, -0.25) is 4.90 Å². The van der Waals surface area contributed by atoms with E-state index in [-0.39, 0.29) is 0 Å². The van der Waals surface area contributed by atoms with Gasteiger partial charge in [-0.15, -0.1) is 0 Å². The Morgan fingerprint density at radius 2 is 1.55 bits per heavy atom. The molecule has 0 bridgehead atoms. The van der Waals surface area contributed by atoms with Gasteiger partial charge >= 0.3 is 0 Å². The van der Waals surface area contributed by atoms with Crippen molar-refractivity contribution in [1.29, 1.82) is 0 Å². The van der Waals surface area contributed by atoms with Crippen LogP contribution >= 0.6 is 0 Å². The summed E-state index contributed by atoms with van der Waals surface area (Å²) in [5.74, 6) is 1.02. The molecule has 2 aliphatic rings. The SMILES string of the molecule is CCNC(=NCc1ccc(CN2CCOCC2)cc1)N1CCN(c2ccccc2)CC1. The molecule has 4 rings (SSSR count). The van der Waals surface area contributed by atoms with Crippen LogP contribution < -0.4 is 10.2 Å². The van der Waals surface area contributed by atoms with Crippen LogP contribution in [0.2, 0.25) is 0 Å². The molecule has 0 unspecified atom stereocenters. The number of anilines is 1. The zero-order chi connectivity index (χ0) is 21.3. The topological polar surface area (TPSA) is 43.3 Å². The third-order valence-electron chi connectivity index (χ3n) is 5.98. The number of aliphatic imine (C=N–C) groups is 1. The molecular weight excluding hydrogens is 386 g/mol. The first kappa shape index (κ1) is 21.7. The summed E-state index contributed by atoms with van der Waals surface area (Å²) in [4.78, 5) is 12.2. The average Bonchev–Trinajstić information content (AvgIpc) is 2.84. The Bertz CT molecular complexity index is 810. The second-order valence-electron chi connectivity index (χ2n) is 8.18. The fraction of sp³-hybridized carbons (Fsp3) is 0.480. The van der Waals surface area contributed by atoms with Crippen LogP contribution in [0.15, 0.2) is 59.6 Å². The highest BCUT2D eigenvalue weighted by atomic mass is 16.5. The zero-order valence-electron chi connectivity index (χ0n) is 18.7. The van der Waals surface area contributed by atoms with Gasteiger partial charge in [-0.2, -0.15) is 0 Å². The van der Waals surface area contributed by atoms with E-state index in [0.717, 1.165) is 71.5 Å². The second kappa shape index (κ2) is 11.2. The van der Waals surface area contributed by atoms with Crippen LogP contribution in [0.5, 0.6) is 0 Å². The molecule has 2 fully saturated rings. The van der Waals surface area contributed by atoms with Crippen LogP contribution in [-0.2, 0) is 17.8 Å². The molecule has 0 saturated carbocycles. The molecule has 166 valence electrons. The molecule has 6 nitrogen and oxygen atoms in total. The van der Waals surface area contributed by atoms with E-state index in [0.29, 0.717) is 6.54 Å². The third kappa shape index (κ3) is 6.21. The van der Waals surface area contributed by atoms with Gasteiger partial charge < -0.3 is 19.9 Å². The fourth-order valence-corrected chi connectivity index (χ4v) is 4.17. The van der Waals surface area contributed by atoms with Gasteiger partial charge in [0, 0.05) is 58.0 Å². The number of piperazine rings is 1. The smallest absolute Gasteiger partial charge is 0.194 e. The summed E-state index contributed by atoms with van der Waals surface area (Å²) in [5.41, 5.74) is 3.92. The number of ether oxygens (including phenoxy) is 1. The van der Waals surface area contributed by atoms with Crippen molar-refractivity contribution in [3.05, 3.63) is 65.7 Å². The zero-order valence-corrected chi connectivity index (χ0v) is 18.7. The molecule has 31 heavy (non-hydrogen) atoms. The van der Waals surface area contributed by atoms with Gasteiger partial charge in [0.05, 0.1) is 19.8 Å². The first-order valence-electron chi connectivity index (χ1n) is 11.5. The summed E-state index contributed by atoms with van der Waals surface area (Å²) in [6.07, 6.45) is 0. The first-order valence-corrected chi connectivity index (χ1v) is 11.5. The Balaban J connectivity index is 1.31. The summed E-state index contributed by atoms with van der Waals surface area (Å²) in [6, 6.07) is 19.6. The maximum Gasteiger partial charge on any atom is 0.194 e. The van der Waals surface area contributed by atoms with Crippen molar-refractivity contribution in [3.8, 4) is 0 Å². The number of nitrogens with zero attached hydrogens (tertiary/aromatic N) is 4. The van der Waals surface area contributed by atoms with Crippen LogP contribution in [0, 0.1) is 0 Å². The molecule has 0 atom stereocenters. The number of hydrogen-bond acceptors (Lipinski definition) is 4. The lowest BCUT2D eigenvalue weighted by molar-refractivity contribution is 0.0342. The molecule has 0 spiro atoms. The van der Waals surface area contributed by atoms with E-state index in [9.17, 15) is 0 Å². The largest absolute Gasteiger partial charge is 0.379 e. The van der Waals surface area contributed by atoms with Gasteiger partial charge in [-0.25, -0.2) is 4.99 Å². The molecule has 2 saturated heterocycles. The third-order valence-corrected chi connectivity index (χ3v) is 5.98. The number of hydrogen-bond donors (Lipinski definition) is 1. The molecule has 0 aromatic heterocycles. The van der Waals surface area contributed by atoms with E-state index in [1.807, 2.05) is 0 Å². The number of guanidine groups is 1. The van der Waals surface area contributed by atoms with Gasteiger partial charge in [0.15, 0.2) is 5.96 Å². The van der Waals surface area contributed by atoms with Gasteiger partial charge in [-0.1, -0.05) is 42.5 Å². The van der Waals surface area contributed by atoms with Gasteiger partial charge in [0.25, 0.3) is 0 Å². The molecule has 2 aliphatic heterocycles. The maximum absolute atomic E-state index is 5.44. The standard InChI is InChI=1S/C25H35N5O/c1-2-26-25(30-14-12-29(13-15-30)24-6-4-3-5-7-24)27-20-22-8-10-23(11-9-22)21-28-16-18-31-19-17-28/h3-11H,2,12-21H2,1H3,(H,26,27). The highest BCUT2D eigenvalue weighted by Gasteiger charge is 2.19. The number of rotatable bonds is 6. The Kier molecular flexibility index (Phi) is 7.80. The van der Waals surface area contributed by atoms with Crippen LogP contribution in [0.4, 0.5) is 5.69 Å². The van der Waals surface area contributed by atoms with Crippen molar-refractivity contribution in [2.45, 2.75) is 20.0 Å². The van der Waals surface area contributed by atoms with E-state index in [1.54, 1.807) is 0 Å². The summed E-state index contributed by atoms with van der Waals surface area (Å²) in [7, 11) is 0. The maximum atomic E-state index is 5.44. The molecule has 0 aliphatic carbocycles. The van der Waals surface area contributed by atoms with Crippen molar-refractivity contribution in [2.75, 3.05) is 63.9 Å².